The van der Waals surface area contributed by atoms with E-state index in [1.165, 1.54) is 11.1 Å². The maximum Gasteiger partial charge on any atom is 0.104 e. The van der Waals surface area contributed by atoms with E-state index < -0.39 is 0 Å². The molecule has 66 valence electrons. The Morgan fingerprint density at radius 1 is 1.08 bits per heavy atom. The molecule has 0 spiro atoms. The van der Waals surface area contributed by atoms with E-state index in [0.717, 1.165) is 12.2 Å². The fraction of sp³-hybridized carbons (Fsp3) is 0.167. The molecule has 13 heavy (non-hydrogen) atoms. The van der Waals surface area contributed by atoms with Crippen LogP contribution in [0.1, 0.15) is 16.9 Å². The third-order valence-electron chi connectivity index (χ3n) is 2.20. The minimum absolute atomic E-state index is 0.961. The van der Waals surface area contributed by atoms with Crippen molar-refractivity contribution in [3.63, 3.8) is 0 Å². The van der Waals surface area contributed by atoms with Crippen LogP contribution in [0.15, 0.2) is 47.1 Å². The molecule has 1 aromatic carbocycles. The Hall–Kier alpha value is -1.50. The maximum absolute atomic E-state index is 5.24. The molecule has 1 nitrogen and oxygen atoms in total. The van der Waals surface area contributed by atoms with Crippen molar-refractivity contribution in [1.82, 2.24) is 0 Å². The van der Waals surface area contributed by atoms with Crippen molar-refractivity contribution in [2.75, 3.05) is 0 Å². The van der Waals surface area contributed by atoms with Crippen molar-refractivity contribution in [3.8, 4) is 0 Å². The molecule has 0 aliphatic rings. The number of rotatable bonds is 2. The highest BCUT2D eigenvalue weighted by molar-refractivity contribution is 5.26. The summed E-state index contributed by atoms with van der Waals surface area (Å²) in [7, 11) is 0. The van der Waals surface area contributed by atoms with E-state index in [2.05, 4.69) is 24.3 Å². The lowest BCUT2D eigenvalue weighted by atomic mass is 10.1. The number of furan rings is 1. The van der Waals surface area contributed by atoms with Gasteiger partial charge in [-0.25, -0.2) is 0 Å². The molecule has 0 fully saturated rings. The first-order valence-electron chi connectivity index (χ1n) is 4.43. The largest absolute Gasteiger partial charge is 0.469 e. The molecular formula is C12H12O. The van der Waals surface area contributed by atoms with Gasteiger partial charge in [0.25, 0.3) is 0 Å². The van der Waals surface area contributed by atoms with E-state index in [4.69, 9.17) is 4.42 Å². The smallest absolute Gasteiger partial charge is 0.104 e. The van der Waals surface area contributed by atoms with E-state index in [-0.39, 0.29) is 0 Å². The van der Waals surface area contributed by atoms with E-state index >= 15 is 0 Å². The number of hydrogen-bond acceptors (Lipinski definition) is 1. The van der Waals surface area contributed by atoms with Crippen LogP contribution >= 0.6 is 0 Å². The van der Waals surface area contributed by atoms with Crippen LogP contribution in [0.2, 0.25) is 0 Å². The predicted octanol–water partition coefficient (Wildman–Crippen LogP) is 3.18. The lowest BCUT2D eigenvalue weighted by Gasteiger charge is -1.98. The van der Waals surface area contributed by atoms with E-state index in [0.29, 0.717) is 0 Å². The Kier molecular flexibility index (Phi) is 2.17. The number of hydrogen-bond donors (Lipinski definition) is 0. The average Bonchev–Trinajstić information content (AvgIpc) is 2.54. The molecule has 1 aromatic heterocycles. The van der Waals surface area contributed by atoms with Crippen LogP contribution in [0.25, 0.3) is 0 Å². The van der Waals surface area contributed by atoms with Gasteiger partial charge in [-0.05, 0) is 24.1 Å². The van der Waals surface area contributed by atoms with E-state index in [9.17, 15) is 0 Å². The van der Waals surface area contributed by atoms with Gasteiger partial charge in [0.15, 0.2) is 0 Å². The van der Waals surface area contributed by atoms with Crippen LogP contribution in [0.5, 0.6) is 0 Å². The topological polar surface area (TPSA) is 13.1 Å². The number of aryl methyl sites for hydroxylation is 1. The summed E-state index contributed by atoms with van der Waals surface area (Å²) in [6.07, 6.45) is 2.71. The normalized spacial score (nSPS) is 10.2. The van der Waals surface area contributed by atoms with Crippen molar-refractivity contribution in [2.45, 2.75) is 13.3 Å². The molecule has 0 unspecified atom stereocenters. The van der Waals surface area contributed by atoms with Crippen LogP contribution in [-0.2, 0) is 6.42 Å². The molecule has 2 rings (SSSR count). The summed E-state index contributed by atoms with van der Waals surface area (Å²) in [4.78, 5) is 0. The molecule has 0 aliphatic heterocycles. The molecule has 1 heterocycles. The van der Waals surface area contributed by atoms with Gasteiger partial charge in [-0.2, -0.15) is 0 Å². The SMILES string of the molecule is Cc1occc1Cc1ccccc1. The molecule has 0 amide bonds. The Morgan fingerprint density at radius 3 is 2.46 bits per heavy atom. The van der Waals surface area contributed by atoms with Gasteiger partial charge in [0, 0.05) is 6.42 Å². The molecule has 1 heteroatoms. The zero-order valence-electron chi connectivity index (χ0n) is 7.66. The van der Waals surface area contributed by atoms with Gasteiger partial charge in [-0.15, -0.1) is 0 Å². The van der Waals surface area contributed by atoms with Crippen LogP contribution in [0.3, 0.4) is 0 Å². The summed E-state index contributed by atoms with van der Waals surface area (Å²) in [6, 6.07) is 12.4. The highest BCUT2D eigenvalue weighted by Crippen LogP contribution is 2.13. The first-order chi connectivity index (χ1) is 6.36. The first-order valence-corrected chi connectivity index (χ1v) is 4.43. The monoisotopic (exact) mass is 172 g/mol. The van der Waals surface area contributed by atoms with Gasteiger partial charge in [-0.1, -0.05) is 30.3 Å². The van der Waals surface area contributed by atoms with Gasteiger partial charge in [0.1, 0.15) is 5.76 Å². The second-order valence-electron chi connectivity index (χ2n) is 3.16. The summed E-state index contributed by atoms with van der Waals surface area (Å²) in [6.45, 7) is 2.00. The molecule has 2 aromatic rings. The van der Waals surface area contributed by atoms with E-state index in [1.54, 1.807) is 6.26 Å². The van der Waals surface area contributed by atoms with Gasteiger partial charge in [0.2, 0.25) is 0 Å². The van der Waals surface area contributed by atoms with Gasteiger partial charge < -0.3 is 4.42 Å². The van der Waals surface area contributed by atoms with Crippen LogP contribution in [-0.4, -0.2) is 0 Å². The molecule has 0 radical (unpaired) electrons. The molecule has 0 aliphatic carbocycles. The summed E-state index contributed by atoms with van der Waals surface area (Å²) in [5, 5.41) is 0. The minimum Gasteiger partial charge on any atom is -0.469 e. The minimum atomic E-state index is 0.961. The van der Waals surface area contributed by atoms with Gasteiger partial charge in [-0.3, -0.25) is 0 Å². The van der Waals surface area contributed by atoms with Crippen molar-refractivity contribution in [2.24, 2.45) is 0 Å². The van der Waals surface area contributed by atoms with Gasteiger partial charge >= 0.3 is 0 Å². The lowest BCUT2D eigenvalue weighted by Crippen LogP contribution is -1.86. The summed E-state index contributed by atoms with van der Waals surface area (Å²) >= 11 is 0. The average molecular weight is 172 g/mol. The zero-order chi connectivity index (χ0) is 9.10. The third kappa shape index (κ3) is 1.81. The summed E-state index contributed by atoms with van der Waals surface area (Å²) in [5.41, 5.74) is 2.60. The Morgan fingerprint density at radius 2 is 1.85 bits per heavy atom. The highest BCUT2D eigenvalue weighted by Gasteiger charge is 2.01. The van der Waals surface area contributed by atoms with Crippen LogP contribution < -0.4 is 0 Å². The molecular weight excluding hydrogens is 160 g/mol. The highest BCUT2D eigenvalue weighted by atomic mass is 16.3. The van der Waals surface area contributed by atoms with Crippen molar-refractivity contribution in [1.29, 1.82) is 0 Å². The second kappa shape index (κ2) is 3.48. The predicted molar refractivity (Wildman–Crippen MR) is 52.7 cm³/mol. The number of benzene rings is 1. The molecule has 0 atom stereocenters. The summed E-state index contributed by atoms with van der Waals surface area (Å²) in [5.74, 6) is 1.02. The van der Waals surface area contributed by atoms with Crippen LogP contribution in [0.4, 0.5) is 0 Å². The van der Waals surface area contributed by atoms with Crippen LogP contribution in [0, 0.1) is 6.92 Å². The molecule has 0 bridgehead atoms. The second-order valence-corrected chi connectivity index (χ2v) is 3.16. The summed E-state index contributed by atoms with van der Waals surface area (Å²) < 4.78 is 5.24. The molecule has 0 saturated heterocycles. The zero-order valence-corrected chi connectivity index (χ0v) is 7.66. The quantitative estimate of drug-likeness (QED) is 0.678. The van der Waals surface area contributed by atoms with Gasteiger partial charge in [0.05, 0.1) is 6.26 Å². The third-order valence-corrected chi connectivity index (χ3v) is 2.20. The standard InChI is InChI=1S/C12H12O/c1-10-12(7-8-13-10)9-11-5-3-2-4-6-11/h2-8H,9H2,1H3. The lowest BCUT2D eigenvalue weighted by molar-refractivity contribution is 0.530. The fourth-order valence-electron chi connectivity index (χ4n) is 1.41. The molecule has 0 N–H and O–H groups in total. The van der Waals surface area contributed by atoms with E-state index in [1.807, 2.05) is 19.1 Å². The Bertz CT molecular complexity index is 373. The van der Waals surface area contributed by atoms with Crippen molar-refractivity contribution >= 4 is 0 Å². The first kappa shape index (κ1) is 8.11. The van der Waals surface area contributed by atoms with Crippen molar-refractivity contribution in [3.05, 3.63) is 59.5 Å². The maximum atomic E-state index is 5.24. The Labute approximate surface area is 78.0 Å². The fourth-order valence-corrected chi connectivity index (χ4v) is 1.41. The van der Waals surface area contributed by atoms with Crippen molar-refractivity contribution < 1.29 is 4.42 Å². The Balaban J connectivity index is 2.20. The molecule has 0 saturated carbocycles.